The zero-order valence-electron chi connectivity index (χ0n) is 15.2. The van der Waals surface area contributed by atoms with Gasteiger partial charge in [-0.3, -0.25) is 14.4 Å². The van der Waals surface area contributed by atoms with Crippen LogP contribution in [0, 0.1) is 6.92 Å². The summed E-state index contributed by atoms with van der Waals surface area (Å²) in [7, 11) is 1.28. The maximum Gasteiger partial charge on any atom is 0.325 e. The molecule has 0 aliphatic carbocycles. The zero-order chi connectivity index (χ0) is 19.4. The van der Waals surface area contributed by atoms with Crippen molar-refractivity contribution in [2.75, 3.05) is 25.6 Å². The van der Waals surface area contributed by atoms with Gasteiger partial charge in [-0.25, -0.2) is 0 Å². The monoisotopic (exact) mass is 368 g/mol. The maximum absolute atomic E-state index is 13.0. The van der Waals surface area contributed by atoms with Crippen molar-refractivity contribution in [3.8, 4) is 5.75 Å². The highest BCUT2D eigenvalue weighted by Gasteiger charge is 2.23. The minimum Gasteiger partial charge on any atom is -0.482 e. The number of fused-ring (bicyclic) bond motifs is 1. The second-order valence-electron chi connectivity index (χ2n) is 6.21. The van der Waals surface area contributed by atoms with Crippen molar-refractivity contribution in [3.63, 3.8) is 0 Å². The van der Waals surface area contributed by atoms with Gasteiger partial charge in [-0.2, -0.15) is 0 Å². The van der Waals surface area contributed by atoms with Crippen molar-refractivity contribution in [2.24, 2.45) is 0 Å². The van der Waals surface area contributed by atoms with Gasteiger partial charge in [-0.1, -0.05) is 24.3 Å². The van der Waals surface area contributed by atoms with Crippen molar-refractivity contribution in [3.05, 3.63) is 59.2 Å². The van der Waals surface area contributed by atoms with Crippen LogP contribution in [-0.2, 0) is 20.9 Å². The number of carbonyl (C=O) groups excluding carboxylic acids is 3. The Balaban J connectivity index is 1.88. The van der Waals surface area contributed by atoms with E-state index in [9.17, 15) is 14.4 Å². The number of nitrogens with one attached hydrogen (secondary N) is 1. The van der Waals surface area contributed by atoms with E-state index in [0.29, 0.717) is 17.0 Å². The van der Waals surface area contributed by atoms with E-state index in [1.54, 1.807) is 18.2 Å². The first-order chi connectivity index (χ1) is 13.0. The maximum atomic E-state index is 13.0. The summed E-state index contributed by atoms with van der Waals surface area (Å²) in [4.78, 5) is 37.8. The topological polar surface area (TPSA) is 84.9 Å². The van der Waals surface area contributed by atoms with Gasteiger partial charge in [-0.15, -0.1) is 0 Å². The molecular weight excluding hydrogens is 348 g/mol. The molecule has 1 aliphatic heterocycles. The second kappa shape index (κ2) is 7.90. The van der Waals surface area contributed by atoms with E-state index in [0.717, 1.165) is 11.1 Å². The fourth-order valence-electron chi connectivity index (χ4n) is 2.81. The van der Waals surface area contributed by atoms with Gasteiger partial charge in [0.25, 0.3) is 11.8 Å². The Bertz CT molecular complexity index is 894. The third-order valence-electron chi connectivity index (χ3n) is 4.32. The molecule has 7 heteroatoms. The average molecular weight is 368 g/mol. The first-order valence-electron chi connectivity index (χ1n) is 8.45. The number of benzene rings is 2. The van der Waals surface area contributed by atoms with Gasteiger partial charge in [0.1, 0.15) is 12.3 Å². The molecule has 7 nitrogen and oxygen atoms in total. The van der Waals surface area contributed by atoms with Crippen LogP contribution in [0.4, 0.5) is 5.69 Å². The van der Waals surface area contributed by atoms with Gasteiger partial charge in [-0.05, 0) is 36.2 Å². The Morgan fingerprint density at radius 1 is 1.22 bits per heavy atom. The summed E-state index contributed by atoms with van der Waals surface area (Å²) in [5.74, 6) is -0.624. The zero-order valence-corrected chi connectivity index (χ0v) is 15.2. The normalized spacial score (nSPS) is 12.4. The van der Waals surface area contributed by atoms with Crippen LogP contribution < -0.4 is 10.1 Å². The van der Waals surface area contributed by atoms with Crippen molar-refractivity contribution in [1.82, 2.24) is 4.90 Å². The molecule has 1 aliphatic rings. The van der Waals surface area contributed by atoms with Gasteiger partial charge in [0.05, 0.1) is 12.8 Å². The molecule has 0 radical (unpaired) electrons. The molecule has 2 aromatic carbocycles. The SMILES string of the molecule is COC(=O)CN(Cc1ccccc1C)C(=O)c1ccc2c(c1)NC(=O)CO2. The molecular formula is C20H20N2O5. The smallest absolute Gasteiger partial charge is 0.325 e. The van der Waals surface area contributed by atoms with E-state index in [-0.39, 0.29) is 31.5 Å². The van der Waals surface area contributed by atoms with Gasteiger partial charge >= 0.3 is 5.97 Å². The Morgan fingerprint density at radius 2 is 2.00 bits per heavy atom. The number of anilines is 1. The first kappa shape index (κ1) is 18.4. The summed E-state index contributed by atoms with van der Waals surface area (Å²) in [5, 5.41) is 2.68. The molecule has 0 bridgehead atoms. The molecule has 0 unspecified atom stereocenters. The number of aryl methyl sites for hydroxylation is 1. The number of nitrogens with zero attached hydrogens (tertiary/aromatic N) is 1. The highest BCUT2D eigenvalue weighted by molar-refractivity contribution is 6.00. The van der Waals surface area contributed by atoms with Crippen LogP contribution in [0.25, 0.3) is 0 Å². The molecule has 0 atom stereocenters. The molecule has 140 valence electrons. The summed E-state index contributed by atoms with van der Waals surface area (Å²) in [6.45, 7) is 1.98. The molecule has 0 spiro atoms. The van der Waals surface area contributed by atoms with Gasteiger partial charge in [0.2, 0.25) is 0 Å². The van der Waals surface area contributed by atoms with E-state index in [1.165, 1.54) is 12.0 Å². The molecule has 0 saturated heterocycles. The van der Waals surface area contributed by atoms with E-state index >= 15 is 0 Å². The van der Waals surface area contributed by atoms with Crippen molar-refractivity contribution < 1.29 is 23.9 Å². The van der Waals surface area contributed by atoms with Gasteiger partial charge in [0.15, 0.2) is 6.61 Å². The second-order valence-corrected chi connectivity index (χ2v) is 6.21. The Kier molecular flexibility index (Phi) is 5.40. The Morgan fingerprint density at radius 3 is 2.74 bits per heavy atom. The van der Waals surface area contributed by atoms with Crippen LogP contribution in [0.15, 0.2) is 42.5 Å². The largest absolute Gasteiger partial charge is 0.482 e. The van der Waals surface area contributed by atoms with Crippen LogP contribution in [0.5, 0.6) is 5.75 Å². The highest BCUT2D eigenvalue weighted by Crippen LogP contribution is 2.29. The number of esters is 1. The van der Waals surface area contributed by atoms with Crippen LogP contribution >= 0.6 is 0 Å². The van der Waals surface area contributed by atoms with E-state index < -0.39 is 5.97 Å². The van der Waals surface area contributed by atoms with E-state index in [1.807, 2.05) is 31.2 Å². The fourth-order valence-corrected chi connectivity index (χ4v) is 2.81. The molecule has 27 heavy (non-hydrogen) atoms. The number of hydrogen-bond donors (Lipinski definition) is 1. The van der Waals surface area contributed by atoms with Crippen molar-refractivity contribution in [2.45, 2.75) is 13.5 Å². The molecule has 0 saturated carbocycles. The molecule has 2 aromatic rings. The predicted octanol–water partition coefficient (Wildman–Crippen LogP) is 2.14. The summed E-state index contributed by atoms with van der Waals surface area (Å²) in [6, 6.07) is 12.5. The Hall–Kier alpha value is -3.35. The predicted molar refractivity (Wildman–Crippen MR) is 98.5 cm³/mol. The lowest BCUT2D eigenvalue weighted by Gasteiger charge is -2.24. The first-order valence-corrected chi connectivity index (χ1v) is 8.45. The summed E-state index contributed by atoms with van der Waals surface area (Å²) in [5.41, 5.74) is 2.73. The van der Waals surface area contributed by atoms with Crippen LogP contribution in [-0.4, -0.2) is 42.9 Å². The standard InChI is InChI=1S/C20H20N2O5/c1-13-5-3-4-6-15(13)10-22(11-19(24)26-2)20(25)14-7-8-17-16(9-14)21-18(23)12-27-17/h3-9H,10-12H2,1-2H3,(H,21,23). The molecule has 1 N–H and O–H groups in total. The van der Waals surface area contributed by atoms with Crippen LogP contribution in [0.3, 0.4) is 0 Å². The minimum absolute atomic E-state index is 0.0535. The molecule has 3 rings (SSSR count). The quantitative estimate of drug-likeness (QED) is 0.818. The number of hydrogen-bond acceptors (Lipinski definition) is 5. The number of rotatable bonds is 5. The lowest BCUT2D eigenvalue weighted by Crippen LogP contribution is -2.36. The number of amides is 2. The van der Waals surface area contributed by atoms with Crippen LogP contribution in [0.2, 0.25) is 0 Å². The van der Waals surface area contributed by atoms with Gasteiger partial charge in [0, 0.05) is 12.1 Å². The Labute approximate surface area is 156 Å². The molecule has 2 amide bonds. The van der Waals surface area contributed by atoms with E-state index in [4.69, 9.17) is 9.47 Å². The molecule has 1 heterocycles. The minimum atomic E-state index is -0.508. The molecule has 0 fully saturated rings. The van der Waals surface area contributed by atoms with E-state index in [2.05, 4.69) is 5.32 Å². The van der Waals surface area contributed by atoms with Crippen molar-refractivity contribution in [1.29, 1.82) is 0 Å². The third-order valence-corrected chi connectivity index (χ3v) is 4.32. The van der Waals surface area contributed by atoms with Crippen molar-refractivity contribution >= 4 is 23.5 Å². The van der Waals surface area contributed by atoms with Gasteiger partial charge < -0.3 is 19.7 Å². The average Bonchev–Trinajstić information content (AvgIpc) is 2.67. The molecule has 0 aromatic heterocycles. The number of methoxy groups -OCH3 is 1. The van der Waals surface area contributed by atoms with Crippen LogP contribution in [0.1, 0.15) is 21.5 Å². The lowest BCUT2D eigenvalue weighted by atomic mass is 10.1. The number of carbonyl (C=O) groups is 3. The summed E-state index contributed by atoms with van der Waals surface area (Å²) in [6.07, 6.45) is 0. The number of ether oxygens (including phenoxy) is 2. The summed E-state index contributed by atoms with van der Waals surface area (Å²) < 4.78 is 10.0. The summed E-state index contributed by atoms with van der Waals surface area (Å²) >= 11 is 0. The highest BCUT2D eigenvalue weighted by atomic mass is 16.5. The fraction of sp³-hybridized carbons (Fsp3) is 0.250. The third kappa shape index (κ3) is 4.25. The lowest BCUT2D eigenvalue weighted by molar-refractivity contribution is -0.141.